The van der Waals surface area contributed by atoms with E-state index in [2.05, 4.69) is 15.2 Å². The van der Waals surface area contributed by atoms with E-state index in [1.165, 1.54) is 12.8 Å². The van der Waals surface area contributed by atoms with E-state index in [0.29, 0.717) is 6.42 Å². The van der Waals surface area contributed by atoms with Crippen LogP contribution in [0.1, 0.15) is 19.3 Å². The Hall–Kier alpha value is -1.14. The van der Waals surface area contributed by atoms with Crippen LogP contribution in [0, 0.1) is 0 Å². The number of carbonyl (C=O) groups is 2. The van der Waals surface area contributed by atoms with Crippen LogP contribution in [0.5, 0.6) is 0 Å². The summed E-state index contributed by atoms with van der Waals surface area (Å²) in [5.74, 6) is -0.821. The number of rotatable bonds is 6. The van der Waals surface area contributed by atoms with Crippen LogP contribution in [0.4, 0.5) is 0 Å². The molecule has 1 aliphatic heterocycles. The summed E-state index contributed by atoms with van der Waals surface area (Å²) in [6.07, 6.45) is 2.80. The van der Waals surface area contributed by atoms with Gasteiger partial charge in [0.1, 0.15) is 0 Å². The highest BCUT2D eigenvalue weighted by molar-refractivity contribution is 5.77. The standard InChI is InChI=1S/C9H17N3O3/c10-8(13)7-15-11-9(14)3-6-12-4-1-2-5-12/h1-7H2,(H2,10,13)(H,11,14). The largest absolute Gasteiger partial charge is 0.368 e. The van der Waals surface area contributed by atoms with E-state index >= 15 is 0 Å². The Bertz CT molecular complexity index is 227. The highest BCUT2D eigenvalue weighted by atomic mass is 16.7. The number of primary amides is 1. The summed E-state index contributed by atoms with van der Waals surface area (Å²) < 4.78 is 0. The van der Waals surface area contributed by atoms with Crippen LogP contribution < -0.4 is 11.2 Å². The zero-order valence-electron chi connectivity index (χ0n) is 8.70. The third-order valence-electron chi connectivity index (χ3n) is 2.25. The molecule has 0 spiro atoms. The van der Waals surface area contributed by atoms with Crippen LogP contribution in [0.25, 0.3) is 0 Å². The molecule has 1 fully saturated rings. The van der Waals surface area contributed by atoms with E-state index in [1.807, 2.05) is 0 Å². The number of amides is 2. The molecule has 1 rings (SSSR count). The SMILES string of the molecule is NC(=O)CONC(=O)CCN1CCCC1. The molecule has 0 aromatic heterocycles. The number of nitrogens with zero attached hydrogens (tertiary/aromatic N) is 1. The van der Waals surface area contributed by atoms with Crippen LogP contribution in [0.15, 0.2) is 0 Å². The second-order valence-corrected chi connectivity index (χ2v) is 3.58. The van der Waals surface area contributed by atoms with Gasteiger partial charge in [0.2, 0.25) is 11.8 Å². The van der Waals surface area contributed by atoms with E-state index in [9.17, 15) is 9.59 Å². The average molecular weight is 215 g/mol. The minimum absolute atomic E-state index is 0.219. The van der Waals surface area contributed by atoms with Crippen LogP contribution in [0.2, 0.25) is 0 Å². The molecule has 0 saturated carbocycles. The Labute approximate surface area is 88.7 Å². The first-order chi connectivity index (χ1) is 7.18. The monoisotopic (exact) mass is 215 g/mol. The number of hydrogen-bond donors (Lipinski definition) is 2. The summed E-state index contributed by atoms with van der Waals surface area (Å²) >= 11 is 0. The molecule has 15 heavy (non-hydrogen) atoms. The van der Waals surface area contributed by atoms with Crippen molar-refractivity contribution in [1.82, 2.24) is 10.4 Å². The van der Waals surface area contributed by atoms with Gasteiger partial charge >= 0.3 is 0 Å². The van der Waals surface area contributed by atoms with Crippen molar-refractivity contribution in [1.29, 1.82) is 0 Å². The van der Waals surface area contributed by atoms with E-state index in [1.54, 1.807) is 0 Å². The summed E-state index contributed by atoms with van der Waals surface area (Å²) in [4.78, 5) is 28.3. The van der Waals surface area contributed by atoms with Gasteiger partial charge in [0.25, 0.3) is 0 Å². The Balaban J connectivity index is 2.00. The van der Waals surface area contributed by atoms with Crippen molar-refractivity contribution in [3.8, 4) is 0 Å². The number of nitrogens with one attached hydrogen (secondary N) is 1. The van der Waals surface area contributed by atoms with E-state index in [4.69, 9.17) is 5.73 Å². The molecule has 6 heteroatoms. The molecule has 0 aromatic carbocycles. The second kappa shape index (κ2) is 6.36. The fourth-order valence-corrected chi connectivity index (χ4v) is 1.50. The molecule has 0 unspecified atom stereocenters. The lowest BCUT2D eigenvalue weighted by Gasteiger charge is -2.13. The molecule has 1 saturated heterocycles. The lowest BCUT2D eigenvalue weighted by Crippen LogP contribution is -2.32. The van der Waals surface area contributed by atoms with Gasteiger partial charge in [-0.15, -0.1) is 0 Å². The average Bonchev–Trinajstić information content (AvgIpc) is 2.66. The highest BCUT2D eigenvalue weighted by Gasteiger charge is 2.12. The molecule has 86 valence electrons. The first kappa shape index (κ1) is 11.9. The van der Waals surface area contributed by atoms with Gasteiger partial charge in [-0.1, -0.05) is 0 Å². The van der Waals surface area contributed by atoms with Crippen molar-refractivity contribution in [3.63, 3.8) is 0 Å². The molecule has 0 atom stereocenters. The fraction of sp³-hybridized carbons (Fsp3) is 0.778. The first-order valence-corrected chi connectivity index (χ1v) is 5.10. The maximum Gasteiger partial charge on any atom is 0.246 e. The van der Waals surface area contributed by atoms with Crippen molar-refractivity contribution in [3.05, 3.63) is 0 Å². The fourth-order valence-electron chi connectivity index (χ4n) is 1.50. The predicted molar refractivity (Wildman–Crippen MR) is 53.6 cm³/mol. The summed E-state index contributed by atoms with van der Waals surface area (Å²) in [6.45, 7) is 2.59. The Morgan fingerprint density at radius 2 is 2.00 bits per heavy atom. The third-order valence-corrected chi connectivity index (χ3v) is 2.25. The Morgan fingerprint density at radius 3 is 2.60 bits per heavy atom. The van der Waals surface area contributed by atoms with Crippen LogP contribution in [0.3, 0.4) is 0 Å². The van der Waals surface area contributed by atoms with Crippen LogP contribution >= 0.6 is 0 Å². The highest BCUT2D eigenvalue weighted by Crippen LogP contribution is 2.06. The predicted octanol–water partition coefficient (Wildman–Crippen LogP) is -0.995. The number of likely N-dealkylation sites (tertiary alicyclic amines) is 1. The van der Waals surface area contributed by atoms with Crippen molar-refractivity contribution < 1.29 is 14.4 Å². The number of nitrogens with two attached hydrogens (primary N) is 1. The van der Waals surface area contributed by atoms with Crippen molar-refractivity contribution >= 4 is 11.8 Å². The van der Waals surface area contributed by atoms with Gasteiger partial charge < -0.3 is 10.6 Å². The van der Waals surface area contributed by atoms with Gasteiger partial charge in [0.15, 0.2) is 6.61 Å². The number of hydrogen-bond acceptors (Lipinski definition) is 4. The van der Waals surface area contributed by atoms with Gasteiger partial charge in [-0.3, -0.25) is 14.4 Å². The molecular formula is C9H17N3O3. The van der Waals surface area contributed by atoms with Gasteiger partial charge in [-0.05, 0) is 25.9 Å². The third kappa shape index (κ3) is 5.34. The quantitative estimate of drug-likeness (QED) is 0.557. The summed E-state index contributed by atoms with van der Waals surface area (Å²) in [6, 6.07) is 0. The van der Waals surface area contributed by atoms with Crippen LogP contribution in [-0.2, 0) is 14.4 Å². The van der Waals surface area contributed by atoms with Crippen molar-refractivity contribution in [2.45, 2.75) is 19.3 Å². The van der Waals surface area contributed by atoms with Crippen LogP contribution in [-0.4, -0.2) is 43.0 Å². The van der Waals surface area contributed by atoms with Crippen molar-refractivity contribution in [2.75, 3.05) is 26.2 Å². The summed E-state index contributed by atoms with van der Waals surface area (Å²) in [5, 5.41) is 0. The Morgan fingerprint density at radius 1 is 1.33 bits per heavy atom. The number of hydroxylamine groups is 1. The van der Waals surface area contributed by atoms with Gasteiger partial charge in [-0.25, -0.2) is 5.48 Å². The molecule has 1 aliphatic rings. The van der Waals surface area contributed by atoms with Gasteiger partial charge in [0, 0.05) is 13.0 Å². The molecule has 3 N–H and O–H groups in total. The molecule has 1 heterocycles. The zero-order chi connectivity index (χ0) is 11.1. The minimum atomic E-state index is -0.602. The Kier molecular flexibility index (Phi) is 5.06. The smallest absolute Gasteiger partial charge is 0.246 e. The topological polar surface area (TPSA) is 84.7 Å². The lowest BCUT2D eigenvalue weighted by atomic mass is 10.4. The summed E-state index contributed by atoms with van der Waals surface area (Å²) in [7, 11) is 0. The van der Waals surface area contributed by atoms with E-state index in [0.717, 1.165) is 19.6 Å². The normalized spacial score (nSPS) is 16.5. The van der Waals surface area contributed by atoms with Gasteiger partial charge in [0.05, 0.1) is 0 Å². The molecule has 2 amide bonds. The molecule has 6 nitrogen and oxygen atoms in total. The van der Waals surface area contributed by atoms with Crippen molar-refractivity contribution in [2.24, 2.45) is 5.73 Å². The number of carbonyl (C=O) groups excluding carboxylic acids is 2. The van der Waals surface area contributed by atoms with Gasteiger partial charge in [-0.2, -0.15) is 0 Å². The van der Waals surface area contributed by atoms with E-state index in [-0.39, 0.29) is 12.5 Å². The zero-order valence-corrected chi connectivity index (χ0v) is 8.70. The molecule has 0 aromatic rings. The molecular weight excluding hydrogens is 198 g/mol. The van der Waals surface area contributed by atoms with E-state index < -0.39 is 5.91 Å². The first-order valence-electron chi connectivity index (χ1n) is 5.10. The summed E-state index contributed by atoms with van der Waals surface area (Å²) in [5.41, 5.74) is 7.00. The molecule has 0 bridgehead atoms. The lowest BCUT2D eigenvalue weighted by molar-refractivity contribution is -0.138. The maximum atomic E-state index is 11.2. The molecule has 0 radical (unpaired) electrons. The second-order valence-electron chi connectivity index (χ2n) is 3.58. The maximum absolute atomic E-state index is 11.2. The molecule has 0 aliphatic carbocycles. The minimum Gasteiger partial charge on any atom is -0.368 e.